The highest BCUT2D eigenvalue weighted by atomic mass is 35.5. The molecule has 1 amide bonds. The Balaban J connectivity index is 0.00000220. The van der Waals surface area contributed by atoms with Crippen molar-refractivity contribution in [3.05, 3.63) is 0 Å². The minimum Gasteiger partial charge on any atom is -0.364 e. The Labute approximate surface area is 132 Å². The van der Waals surface area contributed by atoms with Crippen LogP contribution < -0.4 is 5.73 Å². The lowest BCUT2D eigenvalue weighted by molar-refractivity contribution is -0.144. The number of hydrogen-bond donors (Lipinski definition) is 1. The molecule has 0 saturated carbocycles. The molecule has 3 atom stereocenters. The molecule has 124 valence electrons. The van der Waals surface area contributed by atoms with Gasteiger partial charge in [-0.1, -0.05) is 6.92 Å². The fraction of sp³-hybridized carbons (Fsp3) is 0.923. The van der Waals surface area contributed by atoms with Crippen LogP contribution in [0.25, 0.3) is 0 Å². The van der Waals surface area contributed by atoms with Crippen molar-refractivity contribution in [3.63, 3.8) is 0 Å². The molecule has 6 nitrogen and oxygen atoms in total. The van der Waals surface area contributed by atoms with Crippen LogP contribution in [0, 0.1) is 0 Å². The van der Waals surface area contributed by atoms with Crippen LogP contribution in [0.2, 0.25) is 0 Å². The molecule has 2 N–H and O–H groups in total. The molecule has 8 heteroatoms. The summed E-state index contributed by atoms with van der Waals surface area (Å²) < 4.78 is 28.9. The predicted octanol–water partition coefficient (Wildman–Crippen LogP) is 0.340. The lowest BCUT2D eigenvalue weighted by Gasteiger charge is -2.30. The van der Waals surface area contributed by atoms with E-state index in [0.29, 0.717) is 25.9 Å². The van der Waals surface area contributed by atoms with E-state index in [-0.39, 0.29) is 42.0 Å². The first-order valence-electron chi connectivity index (χ1n) is 7.33. The van der Waals surface area contributed by atoms with Crippen LogP contribution in [-0.4, -0.2) is 62.1 Å². The third kappa shape index (κ3) is 4.55. The maximum absolute atomic E-state index is 12.6. The summed E-state index contributed by atoms with van der Waals surface area (Å²) in [4.78, 5) is 14.3. The Kier molecular flexibility index (Phi) is 6.90. The lowest BCUT2D eigenvalue weighted by atomic mass is 10.1. The largest absolute Gasteiger partial charge is 0.364 e. The van der Waals surface area contributed by atoms with Crippen molar-refractivity contribution < 1.29 is 17.9 Å². The van der Waals surface area contributed by atoms with E-state index in [2.05, 4.69) is 0 Å². The van der Waals surface area contributed by atoms with Crippen molar-refractivity contribution in [2.75, 3.05) is 24.6 Å². The third-order valence-electron chi connectivity index (χ3n) is 4.04. The molecule has 0 spiro atoms. The van der Waals surface area contributed by atoms with Crippen LogP contribution in [-0.2, 0) is 19.4 Å². The van der Waals surface area contributed by atoms with Gasteiger partial charge in [0.1, 0.15) is 6.10 Å². The molecule has 2 saturated heterocycles. The molecular weight excluding hydrogens is 316 g/mol. The summed E-state index contributed by atoms with van der Waals surface area (Å²) >= 11 is 0. The molecule has 0 aliphatic carbocycles. The third-order valence-corrected chi connectivity index (χ3v) is 5.79. The summed E-state index contributed by atoms with van der Waals surface area (Å²) in [7, 11) is -2.99. The fourth-order valence-corrected chi connectivity index (χ4v) is 4.71. The van der Waals surface area contributed by atoms with E-state index >= 15 is 0 Å². The number of nitrogens with zero attached hydrogens (tertiary/aromatic N) is 1. The number of carbonyl (C=O) groups is 1. The van der Waals surface area contributed by atoms with Crippen molar-refractivity contribution in [1.29, 1.82) is 0 Å². The molecule has 21 heavy (non-hydrogen) atoms. The fourth-order valence-electron chi connectivity index (χ4n) is 2.98. The van der Waals surface area contributed by atoms with Crippen LogP contribution in [0.5, 0.6) is 0 Å². The summed E-state index contributed by atoms with van der Waals surface area (Å²) in [5, 5.41) is 0. The Bertz CT molecular complexity index is 457. The monoisotopic (exact) mass is 340 g/mol. The SMILES string of the molecule is CCCN(C(=O)[C@@H]1CC[C@H](CN)O1)C1CCS(=O)(=O)C1.Cl. The molecule has 0 aromatic carbocycles. The number of rotatable bonds is 5. The molecular formula is C13H25ClN2O4S. The van der Waals surface area contributed by atoms with E-state index in [1.807, 2.05) is 6.92 Å². The molecule has 2 aliphatic rings. The summed E-state index contributed by atoms with van der Waals surface area (Å²) in [6, 6.07) is -0.187. The number of carbonyl (C=O) groups excluding carboxylic acids is 1. The number of ether oxygens (including phenoxy) is 1. The number of sulfone groups is 1. The highest BCUT2D eigenvalue weighted by molar-refractivity contribution is 7.91. The molecule has 0 aromatic rings. The molecule has 2 aliphatic heterocycles. The summed E-state index contributed by atoms with van der Waals surface area (Å²) in [5.41, 5.74) is 5.56. The van der Waals surface area contributed by atoms with Gasteiger partial charge in [-0.25, -0.2) is 8.42 Å². The smallest absolute Gasteiger partial charge is 0.251 e. The highest BCUT2D eigenvalue weighted by Gasteiger charge is 2.39. The van der Waals surface area contributed by atoms with E-state index in [1.165, 1.54) is 0 Å². The highest BCUT2D eigenvalue weighted by Crippen LogP contribution is 2.24. The zero-order valence-electron chi connectivity index (χ0n) is 12.4. The first-order valence-corrected chi connectivity index (χ1v) is 9.15. The van der Waals surface area contributed by atoms with Crippen molar-refractivity contribution in [2.24, 2.45) is 5.73 Å². The van der Waals surface area contributed by atoms with Gasteiger partial charge < -0.3 is 15.4 Å². The van der Waals surface area contributed by atoms with Gasteiger partial charge in [0.15, 0.2) is 9.84 Å². The molecule has 0 bridgehead atoms. The van der Waals surface area contributed by atoms with Crippen molar-refractivity contribution >= 4 is 28.2 Å². The van der Waals surface area contributed by atoms with Crippen LogP contribution in [0.3, 0.4) is 0 Å². The van der Waals surface area contributed by atoms with Crippen LogP contribution >= 0.6 is 12.4 Å². The quantitative estimate of drug-likeness (QED) is 0.779. The minimum absolute atomic E-state index is 0. The molecule has 1 unspecified atom stereocenters. The number of nitrogens with two attached hydrogens (primary N) is 1. The zero-order chi connectivity index (χ0) is 14.8. The molecule has 2 fully saturated rings. The van der Waals surface area contributed by atoms with Gasteiger partial charge >= 0.3 is 0 Å². The normalized spacial score (nSPS) is 30.9. The second-order valence-corrected chi connectivity index (χ2v) is 7.88. The maximum atomic E-state index is 12.6. The van der Waals surface area contributed by atoms with Gasteiger partial charge in [0.2, 0.25) is 0 Å². The topological polar surface area (TPSA) is 89.7 Å². The van der Waals surface area contributed by atoms with Gasteiger partial charge in [0.05, 0.1) is 17.6 Å². The Morgan fingerprint density at radius 3 is 2.52 bits per heavy atom. The van der Waals surface area contributed by atoms with Crippen molar-refractivity contribution in [1.82, 2.24) is 4.90 Å². The first kappa shape index (κ1) is 18.7. The van der Waals surface area contributed by atoms with Gasteiger partial charge in [0, 0.05) is 19.1 Å². The Morgan fingerprint density at radius 1 is 1.33 bits per heavy atom. The summed E-state index contributed by atoms with van der Waals surface area (Å²) in [6.45, 7) is 3.00. The summed E-state index contributed by atoms with van der Waals surface area (Å²) in [5.74, 6) is 0.207. The molecule has 2 rings (SSSR count). The summed E-state index contributed by atoms with van der Waals surface area (Å²) in [6.07, 6.45) is 2.35. The van der Waals surface area contributed by atoms with Gasteiger partial charge in [-0.15, -0.1) is 12.4 Å². The Morgan fingerprint density at radius 2 is 2.05 bits per heavy atom. The average Bonchev–Trinajstić information content (AvgIpc) is 3.01. The van der Waals surface area contributed by atoms with E-state index in [9.17, 15) is 13.2 Å². The minimum atomic E-state index is -2.99. The zero-order valence-corrected chi connectivity index (χ0v) is 14.0. The first-order chi connectivity index (χ1) is 9.46. The van der Waals surface area contributed by atoms with E-state index < -0.39 is 15.9 Å². The van der Waals surface area contributed by atoms with E-state index in [0.717, 1.165) is 12.8 Å². The van der Waals surface area contributed by atoms with Crippen LogP contribution in [0.4, 0.5) is 0 Å². The van der Waals surface area contributed by atoms with Gasteiger partial charge in [-0.05, 0) is 25.7 Å². The van der Waals surface area contributed by atoms with E-state index in [4.69, 9.17) is 10.5 Å². The van der Waals surface area contributed by atoms with Gasteiger partial charge in [0.25, 0.3) is 5.91 Å². The molecule has 2 heterocycles. The molecule has 0 radical (unpaired) electrons. The van der Waals surface area contributed by atoms with Crippen LogP contribution in [0.1, 0.15) is 32.6 Å². The number of amides is 1. The van der Waals surface area contributed by atoms with Crippen molar-refractivity contribution in [3.8, 4) is 0 Å². The Hall–Kier alpha value is -0.370. The molecule has 0 aromatic heterocycles. The second-order valence-electron chi connectivity index (χ2n) is 5.65. The lowest BCUT2D eigenvalue weighted by Crippen LogP contribution is -2.46. The standard InChI is InChI=1S/C13H24N2O4S.ClH/c1-2-6-15(10-5-7-20(17,18)9-10)13(16)12-4-3-11(8-14)19-12;/h10-12H,2-9,14H2,1H3;1H/t10?,11-,12+;/m1./s1. The van der Waals surface area contributed by atoms with Gasteiger partial charge in [-0.3, -0.25) is 4.79 Å². The van der Waals surface area contributed by atoms with E-state index in [1.54, 1.807) is 4.90 Å². The maximum Gasteiger partial charge on any atom is 0.251 e. The second kappa shape index (κ2) is 7.76. The van der Waals surface area contributed by atoms with Crippen LogP contribution in [0.15, 0.2) is 0 Å². The number of hydrogen-bond acceptors (Lipinski definition) is 5. The predicted molar refractivity (Wildman–Crippen MR) is 83.3 cm³/mol. The van der Waals surface area contributed by atoms with Gasteiger partial charge in [-0.2, -0.15) is 0 Å². The van der Waals surface area contributed by atoms with Crippen molar-refractivity contribution in [2.45, 2.75) is 50.9 Å². The average molecular weight is 341 g/mol. The number of halogens is 1.